The standard InChI is InChI=1S/C12H16N2/c1-3-10-4-5-11(14-7-2-8-14)9-12(10)13-6-1/h1,3,6,11H,2,4-5,7-9H2. The van der Waals surface area contributed by atoms with Gasteiger partial charge in [0.25, 0.3) is 0 Å². The molecular formula is C12H16N2. The van der Waals surface area contributed by atoms with E-state index in [0.717, 1.165) is 6.04 Å². The second-order valence-electron chi connectivity index (χ2n) is 4.40. The molecule has 1 aliphatic heterocycles. The Morgan fingerprint density at radius 3 is 3.07 bits per heavy atom. The highest BCUT2D eigenvalue weighted by atomic mass is 15.2. The van der Waals surface area contributed by atoms with Crippen molar-refractivity contribution in [2.24, 2.45) is 0 Å². The summed E-state index contributed by atoms with van der Waals surface area (Å²) in [6.07, 6.45) is 7.06. The van der Waals surface area contributed by atoms with E-state index in [1.165, 1.54) is 50.0 Å². The molecule has 0 aromatic carbocycles. The number of aryl methyl sites for hydroxylation is 1. The van der Waals surface area contributed by atoms with Crippen LogP contribution in [0, 0.1) is 0 Å². The quantitative estimate of drug-likeness (QED) is 0.666. The van der Waals surface area contributed by atoms with E-state index < -0.39 is 0 Å². The molecular weight excluding hydrogens is 172 g/mol. The molecule has 2 heterocycles. The Kier molecular flexibility index (Phi) is 2.02. The summed E-state index contributed by atoms with van der Waals surface area (Å²) in [5.41, 5.74) is 2.82. The van der Waals surface area contributed by atoms with Gasteiger partial charge >= 0.3 is 0 Å². The zero-order valence-electron chi connectivity index (χ0n) is 8.45. The van der Waals surface area contributed by atoms with Crippen molar-refractivity contribution in [2.45, 2.75) is 31.7 Å². The van der Waals surface area contributed by atoms with Crippen LogP contribution in [0.2, 0.25) is 0 Å². The van der Waals surface area contributed by atoms with Crippen molar-refractivity contribution in [2.75, 3.05) is 13.1 Å². The Morgan fingerprint density at radius 2 is 2.29 bits per heavy atom. The van der Waals surface area contributed by atoms with Gasteiger partial charge in [0.2, 0.25) is 0 Å². The number of hydrogen-bond acceptors (Lipinski definition) is 2. The van der Waals surface area contributed by atoms with Gasteiger partial charge in [-0.2, -0.15) is 0 Å². The van der Waals surface area contributed by atoms with Crippen molar-refractivity contribution in [3.63, 3.8) is 0 Å². The summed E-state index contributed by atoms with van der Waals surface area (Å²) < 4.78 is 0. The van der Waals surface area contributed by atoms with Gasteiger partial charge in [-0.05, 0) is 44.0 Å². The Labute approximate surface area is 85.0 Å². The molecule has 3 rings (SSSR count). The first kappa shape index (κ1) is 8.42. The van der Waals surface area contributed by atoms with Gasteiger partial charge < -0.3 is 0 Å². The monoisotopic (exact) mass is 188 g/mol. The molecule has 0 radical (unpaired) electrons. The number of rotatable bonds is 1. The van der Waals surface area contributed by atoms with Gasteiger partial charge in [0.15, 0.2) is 0 Å². The maximum atomic E-state index is 4.48. The molecule has 2 nitrogen and oxygen atoms in total. The molecule has 1 unspecified atom stereocenters. The fourth-order valence-corrected chi connectivity index (χ4v) is 2.55. The summed E-state index contributed by atoms with van der Waals surface area (Å²) in [5, 5.41) is 0. The van der Waals surface area contributed by atoms with Gasteiger partial charge in [0.1, 0.15) is 0 Å². The summed E-state index contributed by atoms with van der Waals surface area (Å²) >= 11 is 0. The summed E-state index contributed by atoms with van der Waals surface area (Å²) in [6, 6.07) is 5.07. The number of hydrogen-bond donors (Lipinski definition) is 0. The minimum absolute atomic E-state index is 0.783. The van der Waals surface area contributed by atoms with Crippen LogP contribution < -0.4 is 0 Å². The molecule has 1 saturated heterocycles. The van der Waals surface area contributed by atoms with Gasteiger partial charge in [-0.1, -0.05) is 6.07 Å². The Bertz CT molecular complexity index is 331. The van der Waals surface area contributed by atoms with E-state index in [4.69, 9.17) is 0 Å². The van der Waals surface area contributed by atoms with E-state index in [1.807, 2.05) is 6.20 Å². The first-order valence-electron chi connectivity index (χ1n) is 5.60. The highest BCUT2D eigenvalue weighted by Crippen LogP contribution is 2.25. The molecule has 0 saturated carbocycles. The lowest BCUT2D eigenvalue weighted by Crippen LogP contribution is -2.47. The van der Waals surface area contributed by atoms with Crippen molar-refractivity contribution < 1.29 is 0 Å². The average Bonchev–Trinajstić information content (AvgIpc) is 2.15. The molecule has 14 heavy (non-hydrogen) atoms. The Morgan fingerprint density at radius 1 is 1.36 bits per heavy atom. The van der Waals surface area contributed by atoms with Crippen molar-refractivity contribution >= 4 is 0 Å². The Hall–Kier alpha value is -0.890. The van der Waals surface area contributed by atoms with Crippen LogP contribution in [0.5, 0.6) is 0 Å². The van der Waals surface area contributed by atoms with Gasteiger partial charge in [-0.15, -0.1) is 0 Å². The largest absolute Gasteiger partial charge is 0.300 e. The summed E-state index contributed by atoms with van der Waals surface area (Å²) in [5.74, 6) is 0. The lowest BCUT2D eigenvalue weighted by atomic mass is 9.90. The van der Waals surface area contributed by atoms with Crippen LogP contribution in [0.25, 0.3) is 0 Å². The lowest BCUT2D eigenvalue weighted by Gasteiger charge is -2.40. The maximum absolute atomic E-state index is 4.48. The van der Waals surface area contributed by atoms with Crippen LogP contribution in [0.3, 0.4) is 0 Å². The number of fused-ring (bicyclic) bond motifs is 1. The molecule has 0 amide bonds. The molecule has 1 fully saturated rings. The van der Waals surface area contributed by atoms with E-state index in [0.29, 0.717) is 0 Å². The van der Waals surface area contributed by atoms with Crippen LogP contribution in [-0.2, 0) is 12.8 Å². The van der Waals surface area contributed by atoms with Gasteiger partial charge in [0.05, 0.1) is 0 Å². The number of aromatic nitrogens is 1. The highest BCUT2D eigenvalue weighted by molar-refractivity contribution is 5.23. The maximum Gasteiger partial charge on any atom is 0.0451 e. The fourth-order valence-electron chi connectivity index (χ4n) is 2.55. The summed E-state index contributed by atoms with van der Waals surface area (Å²) in [4.78, 5) is 7.09. The minimum Gasteiger partial charge on any atom is -0.300 e. The second kappa shape index (κ2) is 3.35. The number of likely N-dealkylation sites (tertiary alicyclic amines) is 1. The van der Waals surface area contributed by atoms with Gasteiger partial charge in [-0.3, -0.25) is 9.88 Å². The predicted octanol–water partition coefficient (Wildman–Crippen LogP) is 1.64. The van der Waals surface area contributed by atoms with Crippen LogP contribution in [0.15, 0.2) is 18.3 Å². The molecule has 0 bridgehead atoms. The van der Waals surface area contributed by atoms with E-state index in [1.54, 1.807) is 0 Å². The summed E-state index contributed by atoms with van der Waals surface area (Å²) in [7, 11) is 0. The molecule has 1 atom stereocenters. The van der Waals surface area contributed by atoms with Crippen LogP contribution in [0.1, 0.15) is 24.1 Å². The molecule has 0 N–H and O–H groups in total. The zero-order valence-corrected chi connectivity index (χ0v) is 8.45. The Balaban J connectivity index is 1.79. The normalized spacial score (nSPS) is 26.7. The average molecular weight is 188 g/mol. The molecule has 1 aliphatic carbocycles. The number of nitrogens with zero attached hydrogens (tertiary/aromatic N) is 2. The van der Waals surface area contributed by atoms with Crippen molar-refractivity contribution in [3.05, 3.63) is 29.6 Å². The second-order valence-corrected chi connectivity index (χ2v) is 4.40. The number of pyridine rings is 1. The molecule has 2 aliphatic rings. The topological polar surface area (TPSA) is 16.1 Å². The van der Waals surface area contributed by atoms with Gasteiger partial charge in [-0.25, -0.2) is 0 Å². The third-order valence-electron chi connectivity index (χ3n) is 3.57. The van der Waals surface area contributed by atoms with Crippen LogP contribution >= 0.6 is 0 Å². The van der Waals surface area contributed by atoms with Crippen LogP contribution in [-0.4, -0.2) is 29.0 Å². The fraction of sp³-hybridized carbons (Fsp3) is 0.583. The SMILES string of the molecule is c1cnc2c(c1)CCC(N1CCC1)C2. The van der Waals surface area contributed by atoms with E-state index in [2.05, 4.69) is 22.0 Å². The first-order valence-corrected chi connectivity index (χ1v) is 5.60. The third-order valence-corrected chi connectivity index (χ3v) is 3.57. The predicted molar refractivity (Wildman–Crippen MR) is 56.2 cm³/mol. The van der Waals surface area contributed by atoms with Crippen molar-refractivity contribution in [3.8, 4) is 0 Å². The molecule has 74 valence electrons. The van der Waals surface area contributed by atoms with E-state index >= 15 is 0 Å². The molecule has 0 spiro atoms. The highest BCUT2D eigenvalue weighted by Gasteiger charge is 2.27. The zero-order chi connectivity index (χ0) is 9.38. The first-order chi connectivity index (χ1) is 6.93. The molecule has 1 aromatic heterocycles. The minimum atomic E-state index is 0.783. The van der Waals surface area contributed by atoms with E-state index in [-0.39, 0.29) is 0 Å². The van der Waals surface area contributed by atoms with E-state index in [9.17, 15) is 0 Å². The van der Waals surface area contributed by atoms with Crippen molar-refractivity contribution in [1.29, 1.82) is 0 Å². The summed E-state index contributed by atoms with van der Waals surface area (Å²) in [6.45, 7) is 2.62. The smallest absolute Gasteiger partial charge is 0.0451 e. The molecule has 1 aromatic rings. The lowest BCUT2D eigenvalue weighted by molar-refractivity contribution is 0.106. The van der Waals surface area contributed by atoms with Gasteiger partial charge in [0, 0.05) is 24.4 Å². The molecule has 2 heteroatoms. The van der Waals surface area contributed by atoms with Crippen molar-refractivity contribution in [1.82, 2.24) is 9.88 Å². The van der Waals surface area contributed by atoms with Crippen LogP contribution in [0.4, 0.5) is 0 Å². The third kappa shape index (κ3) is 1.34.